The molecule has 0 aliphatic carbocycles. The number of amides is 1. The summed E-state index contributed by atoms with van der Waals surface area (Å²) in [5.74, 6) is 0.136. The quantitative estimate of drug-likeness (QED) is 0.660. The van der Waals surface area contributed by atoms with Gasteiger partial charge in [-0.25, -0.2) is 9.97 Å². The Balaban J connectivity index is 1.37. The number of carbonyl (C=O) groups excluding carboxylic acids is 1. The normalized spacial score (nSPS) is 17.2. The Hall–Kier alpha value is -2.12. The Kier molecular flexibility index (Phi) is 5.59. The topological polar surface area (TPSA) is 58.1 Å². The van der Waals surface area contributed by atoms with Crippen LogP contribution in [-0.2, 0) is 11.3 Å². The molecule has 1 atom stereocenters. The highest BCUT2D eigenvalue weighted by atomic mass is 32.2. The second-order valence-electron chi connectivity index (χ2n) is 6.68. The highest BCUT2D eigenvalue weighted by molar-refractivity contribution is 7.98. The van der Waals surface area contributed by atoms with Crippen LogP contribution in [0.3, 0.4) is 0 Å². The first-order chi connectivity index (χ1) is 13.2. The Morgan fingerprint density at radius 2 is 2.19 bits per heavy atom. The fourth-order valence-corrected chi connectivity index (χ4v) is 4.69. The molecule has 5 nitrogen and oxygen atoms in total. The summed E-state index contributed by atoms with van der Waals surface area (Å²) in [6, 6.07) is 12.2. The largest absolute Gasteiger partial charge is 0.352 e. The number of rotatable bonds is 5. The van der Waals surface area contributed by atoms with Crippen LogP contribution in [0.1, 0.15) is 18.4 Å². The number of nitrogens with zero attached hydrogens (tertiary/aromatic N) is 3. The minimum absolute atomic E-state index is 0.00388. The molecule has 1 amide bonds. The maximum atomic E-state index is 12.7. The third-order valence-electron chi connectivity index (χ3n) is 4.84. The Labute approximate surface area is 167 Å². The number of anilines is 1. The van der Waals surface area contributed by atoms with Crippen molar-refractivity contribution in [2.45, 2.75) is 24.3 Å². The zero-order valence-electron chi connectivity index (χ0n) is 15.2. The molecular formula is C20H22N4OS2. The second-order valence-corrected chi connectivity index (χ2v) is 8.51. The first kappa shape index (κ1) is 18.3. The zero-order chi connectivity index (χ0) is 18.6. The molecule has 1 N–H and O–H groups in total. The molecule has 0 spiro atoms. The predicted molar refractivity (Wildman–Crippen MR) is 112 cm³/mol. The Bertz CT molecular complexity index is 892. The van der Waals surface area contributed by atoms with Gasteiger partial charge < -0.3 is 10.2 Å². The molecular weight excluding hydrogens is 376 g/mol. The van der Waals surface area contributed by atoms with E-state index >= 15 is 0 Å². The number of hydrogen-bond acceptors (Lipinski definition) is 6. The number of thioether (sulfide) groups is 1. The molecule has 7 heteroatoms. The third kappa shape index (κ3) is 4.25. The molecule has 1 fully saturated rings. The number of pyridine rings is 1. The van der Waals surface area contributed by atoms with Crippen molar-refractivity contribution in [3.63, 3.8) is 0 Å². The molecule has 3 aromatic rings. The van der Waals surface area contributed by atoms with E-state index in [4.69, 9.17) is 0 Å². The van der Waals surface area contributed by atoms with Crippen molar-refractivity contribution in [3.8, 4) is 0 Å². The van der Waals surface area contributed by atoms with Crippen molar-refractivity contribution in [1.82, 2.24) is 15.3 Å². The van der Waals surface area contributed by atoms with E-state index < -0.39 is 0 Å². The molecule has 0 unspecified atom stereocenters. The molecule has 1 saturated heterocycles. The highest BCUT2D eigenvalue weighted by Crippen LogP contribution is 2.30. The Morgan fingerprint density at radius 3 is 2.96 bits per heavy atom. The SMILES string of the molecule is CSc1ccc(CNC(=O)[C@@H]2CCCN(c3nc4cccnc4s3)C2)cc1. The van der Waals surface area contributed by atoms with Gasteiger partial charge in [-0.3, -0.25) is 4.79 Å². The first-order valence-corrected chi connectivity index (χ1v) is 11.1. The summed E-state index contributed by atoms with van der Waals surface area (Å²) in [4.78, 5) is 26.2. The lowest BCUT2D eigenvalue weighted by molar-refractivity contribution is -0.125. The summed E-state index contributed by atoms with van der Waals surface area (Å²) in [6.45, 7) is 2.24. The molecule has 1 aromatic carbocycles. The van der Waals surface area contributed by atoms with Crippen molar-refractivity contribution >= 4 is 44.5 Å². The van der Waals surface area contributed by atoms with Crippen LogP contribution in [-0.4, -0.2) is 35.2 Å². The molecule has 0 bridgehead atoms. The fourth-order valence-electron chi connectivity index (χ4n) is 3.34. The molecule has 2 aromatic heterocycles. The summed E-state index contributed by atoms with van der Waals surface area (Å²) in [5.41, 5.74) is 2.06. The first-order valence-electron chi connectivity index (χ1n) is 9.10. The minimum Gasteiger partial charge on any atom is -0.352 e. The summed E-state index contributed by atoms with van der Waals surface area (Å²) in [7, 11) is 0. The molecule has 27 heavy (non-hydrogen) atoms. The van der Waals surface area contributed by atoms with E-state index in [-0.39, 0.29) is 11.8 Å². The van der Waals surface area contributed by atoms with Crippen molar-refractivity contribution in [2.75, 3.05) is 24.2 Å². The molecule has 0 radical (unpaired) electrons. The zero-order valence-corrected chi connectivity index (χ0v) is 16.9. The van der Waals surface area contributed by atoms with E-state index in [1.165, 1.54) is 4.90 Å². The molecule has 3 heterocycles. The lowest BCUT2D eigenvalue weighted by atomic mass is 9.97. The third-order valence-corrected chi connectivity index (χ3v) is 6.63. The molecule has 140 valence electrons. The molecule has 1 aliphatic heterocycles. The summed E-state index contributed by atoms with van der Waals surface area (Å²) in [5, 5.41) is 4.07. The van der Waals surface area contributed by atoms with Crippen molar-refractivity contribution in [2.24, 2.45) is 5.92 Å². The van der Waals surface area contributed by atoms with Crippen LogP contribution in [0.25, 0.3) is 10.3 Å². The van der Waals surface area contributed by atoms with E-state index in [0.717, 1.165) is 47.0 Å². The highest BCUT2D eigenvalue weighted by Gasteiger charge is 2.27. The average Bonchev–Trinajstić information content (AvgIpc) is 3.17. The minimum atomic E-state index is 0.00388. The fraction of sp³-hybridized carbons (Fsp3) is 0.350. The standard InChI is InChI=1S/C20H22N4OS2/c1-26-16-8-6-14(7-9-16)12-22-18(25)15-4-3-11-24(13-15)20-23-17-5-2-10-21-19(17)27-20/h2,5-10,15H,3-4,11-13H2,1H3,(H,22,25)/t15-/m1/s1. The van der Waals surface area contributed by atoms with Gasteiger partial charge in [0.1, 0.15) is 10.3 Å². The van der Waals surface area contributed by atoms with E-state index in [2.05, 4.69) is 50.7 Å². The number of benzene rings is 1. The van der Waals surface area contributed by atoms with Crippen molar-refractivity contribution in [1.29, 1.82) is 0 Å². The number of thiazole rings is 1. The number of piperidine rings is 1. The van der Waals surface area contributed by atoms with Gasteiger partial charge in [0.25, 0.3) is 0 Å². The van der Waals surface area contributed by atoms with E-state index in [1.807, 2.05) is 12.1 Å². The second kappa shape index (κ2) is 8.27. The Morgan fingerprint density at radius 1 is 1.33 bits per heavy atom. The van der Waals surface area contributed by atoms with Gasteiger partial charge in [0.05, 0.1) is 5.92 Å². The van der Waals surface area contributed by atoms with E-state index in [0.29, 0.717) is 6.54 Å². The number of nitrogens with one attached hydrogen (secondary N) is 1. The van der Waals surface area contributed by atoms with Gasteiger partial charge in [0.2, 0.25) is 5.91 Å². The lowest BCUT2D eigenvalue weighted by Gasteiger charge is -2.31. The maximum absolute atomic E-state index is 12.7. The van der Waals surface area contributed by atoms with Gasteiger partial charge in [-0.15, -0.1) is 11.8 Å². The number of hydrogen-bond donors (Lipinski definition) is 1. The summed E-state index contributed by atoms with van der Waals surface area (Å²) >= 11 is 3.32. The van der Waals surface area contributed by atoms with Gasteiger partial charge in [-0.1, -0.05) is 23.5 Å². The van der Waals surface area contributed by atoms with Crippen LogP contribution in [0.15, 0.2) is 47.5 Å². The molecule has 4 rings (SSSR count). The van der Waals surface area contributed by atoms with Crippen LogP contribution in [0.2, 0.25) is 0 Å². The number of aromatic nitrogens is 2. The lowest BCUT2D eigenvalue weighted by Crippen LogP contribution is -2.42. The van der Waals surface area contributed by atoms with Gasteiger partial charge in [0, 0.05) is 30.7 Å². The summed E-state index contributed by atoms with van der Waals surface area (Å²) in [6.07, 6.45) is 5.79. The summed E-state index contributed by atoms with van der Waals surface area (Å²) < 4.78 is 0. The van der Waals surface area contributed by atoms with E-state index in [1.54, 1.807) is 29.3 Å². The smallest absolute Gasteiger partial charge is 0.225 e. The van der Waals surface area contributed by atoms with Gasteiger partial charge in [-0.05, 0) is 48.9 Å². The predicted octanol–water partition coefficient (Wildman–Crippen LogP) is 3.95. The molecule has 0 saturated carbocycles. The van der Waals surface area contributed by atoms with Gasteiger partial charge in [-0.2, -0.15) is 0 Å². The van der Waals surface area contributed by atoms with Crippen LogP contribution in [0, 0.1) is 5.92 Å². The monoisotopic (exact) mass is 398 g/mol. The van der Waals surface area contributed by atoms with Crippen LogP contribution < -0.4 is 10.2 Å². The number of fused-ring (bicyclic) bond motifs is 1. The van der Waals surface area contributed by atoms with Crippen LogP contribution >= 0.6 is 23.1 Å². The van der Waals surface area contributed by atoms with E-state index in [9.17, 15) is 4.79 Å². The van der Waals surface area contributed by atoms with Crippen LogP contribution in [0.5, 0.6) is 0 Å². The van der Waals surface area contributed by atoms with Gasteiger partial charge in [0.15, 0.2) is 5.13 Å². The van der Waals surface area contributed by atoms with Gasteiger partial charge >= 0.3 is 0 Å². The van der Waals surface area contributed by atoms with Crippen molar-refractivity contribution < 1.29 is 4.79 Å². The van der Waals surface area contributed by atoms with Crippen LogP contribution in [0.4, 0.5) is 5.13 Å². The molecule has 1 aliphatic rings. The maximum Gasteiger partial charge on any atom is 0.225 e. The number of carbonyl (C=O) groups is 1. The van der Waals surface area contributed by atoms with Crippen molar-refractivity contribution in [3.05, 3.63) is 48.2 Å². The average molecular weight is 399 g/mol.